The summed E-state index contributed by atoms with van der Waals surface area (Å²) in [5, 5.41) is -0.229. The van der Waals surface area contributed by atoms with Crippen molar-refractivity contribution < 1.29 is 12.6 Å². The zero-order valence-corrected chi connectivity index (χ0v) is 11.1. The summed E-state index contributed by atoms with van der Waals surface area (Å²) in [7, 11) is -3.22. The van der Waals surface area contributed by atoms with E-state index in [1.165, 1.54) is 25.7 Å². The molecule has 1 rings (SSSR count). The molecule has 1 aliphatic heterocycles. The molecule has 1 aliphatic rings. The molecule has 0 amide bonds. The lowest BCUT2D eigenvalue weighted by Crippen LogP contribution is -2.28. The summed E-state index contributed by atoms with van der Waals surface area (Å²) in [4.78, 5) is 0. The molecule has 0 saturated carbocycles. The summed E-state index contributed by atoms with van der Waals surface area (Å²) in [6, 6.07) is 0. The molecule has 1 fully saturated rings. The SMILES string of the molecule is CCCCCCCCC1CCCOS1(=O)=O. The monoisotopic (exact) mass is 248 g/mol. The van der Waals surface area contributed by atoms with Gasteiger partial charge < -0.3 is 0 Å². The van der Waals surface area contributed by atoms with E-state index in [4.69, 9.17) is 4.18 Å². The van der Waals surface area contributed by atoms with Gasteiger partial charge in [0.15, 0.2) is 0 Å². The predicted molar refractivity (Wildman–Crippen MR) is 65.9 cm³/mol. The molecular weight excluding hydrogens is 224 g/mol. The minimum absolute atomic E-state index is 0.229. The standard InChI is InChI=1S/C12H24O3S/c1-2-3-4-5-6-7-9-12-10-8-11-15-16(12,13)14/h12H,2-11H2,1H3. The van der Waals surface area contributed by atoms with E-state index >= 15 is 0 Å². The first-order chi connectivity index (χ1) is 7.67. The van der Waals surface area contributed by atoms with Crippen LogP contribution in [0, 0.1) is 0 Å². The van der Waals surface area contributed by atoms with Crippen LogP contribution in [0.15, 0.2) is 0 Å². The molecule has 0 aromatic rings. The van der Waals surface area contributed by atoms with Gasteiger partial charge in [0.25, 0.3) is 10.1 Å². The van der Waals surface area contributed by atoms with Crippen molar-refractivity contribution in [3.05, 3.63) is 0 Å². The lowest BCUT2D eigenvalue weighted by Gasteiger charge is -2.21. The molecule has 1 saturated heterocycles. The van der Waals surface area contributed by atoms with Gasteiger partial charge in [0, 0.05) is 0 Å². The Labute approximate surface area is 99.7 Å². The maximum absolute atomic E-state index is 11.5. The third kappa shape index (κ3) is 4.83. The number of unbranched alkanes of at least 4 members (excludes halogenated alkanes) is 5. The van der Waals surface area contributed by atoms with Gasteiger partial charge >= 0.3 is 0 Å². The Kier molecular flexibility index (Phi) is 6.36. The molecule has 16 heavy (non-hydrogen) atoms. The van der Waals surface area contributed by atoms with E-state index in [0.717, 1.165) is 32.1 Å². The summed E-state index contributed by atoms with van der Waals surface area (Å²) in [5.41, 5.74) is 0. The number of rotatable bonds is 7. The zero-order valence-electron chi connectivity index (χ0n) is 10.3. The Morgan fingerprint density at radius 1 is 1.12 bits per heavy atom. The summed E-state index contributed by atoms with van der Waals surface area (Å²) in [5.74, 6) is 0. The molecule has 0 bridgehead atoms. The summed E-state index contributed by atoms with van der Waals surface area (Å²) >= 11 is 0. The van der Waals surface area contributed by atoms with Crippen molar-refractivity contribution in [1.29, 1.82) is 0 Å². The zero-order chi connectivity index (χ0) is 11.9. The van der Waals surface area contributed by atoms with E-state index in [2.05, 4.69) is 6.92 Å². The third-order valence-electron chi connectivity index (χ3n) is 3.21. The second-order valence-corrected chi connectivity index (χ2v) is 6.52. The average molecular weight is 248 g/mol. The smallest absolute Gasteiger partial charge is 0.270 e. The summed E-state index contributed by atoms with van der Waals surface area (Å²) < 4.78 is 27.9. The van der Waals surface area contributed by atoms with Crippen LogP contribution in [0.3, 0.4) is 0 Å². The second-order valence-electron chi connectivity index (χ2n) is 4.64. The van der Waals surface area contributed by atoms with Crippen LogP contribution < -0.4 is 0 Å². The van der Waals surface area contributed by atoms with Crippen LogP contribution in [0.2, 0.25) is 0 Å². The Morgan fingerprint density at radius 2 is 1.81 bits per heavy atom. The van der Waals surface area contributed by atoms with Gasteiger partial charge in [0.1, 0.15) is 0 Å². The molecule has 0 aromatic heterocycles. The molecule has 0 aromatic carbocycles. The molecule has 0 radical (unpaired) electrons. The van der Waals surface area contributed by atoms with Crippen molar-refractivity contribution in [2.24, 2.45) is 0 Å². The van der Waals surface area contributed by atoms with Crippen LogP contribution >= 0.6 is 0 Å². The lowest BCUT2D eigenvalue weighted by atomic mass is 10.1. The van der Waals surface area contributed by atoms with Gasteiger partial charge in [-0.25, -0.2) is 0 Å². The molecule has 0 spiro atoms. The minimum Gasteiger partial charge on any atom is -0.270 e. The van der Waals surface area contributed by atoms with E-state index < -0.39 is 10.1 Å². The van der Waals surface area contributed by atoms with Crippen molar-refractivity contribution in [2.75, 3.05) is 6.61 Å². The fraction of sp³-hybridized carbons (Fsp3) is 1.00. The Bertz CT molecular complexity index is 272. The first kappa shape index (κ1) is 14.0. The van der Waals surface area contributed by atoms with Gasteiger partial charge in [-0.15, -0.1) is 0 Å². The van der Waals surface area contributed by atoms with Crippen molar-refractivity contribution in [3.63, 3.8) is 0 Å². The molecule has 4 heteroatoms. The molecule has 1 heterocycles. The maximum atomic E-state index is 11.5. The third-order valence-corrected chi connectivity index (χ3v) is 4.99. The Balaban J connectivity index is 2.12. The van der Waals surface area contributed by atoms with E-state index in [-0.39, 0.29) is 5.25 Å². The molecule has 3 nitrogen and oxygen atoms in total. The van der Waals surface area contributed by atoms with Gasteiger partial charge in [-0.1, -0.05) is 45.4 Å². The van der Waals surface area contributed by atoms with Crippen LogP contribution in [-0.4, -0.2) is 20.3 Å². The fourth-order valence-electron chi connectivity index (χ4n) is 2.17. The number of hydrogen-bond donors (Lipinski definition) is 0. The first-order valence-electron chi connectivity index (χ1n) is 6.55. The van der Waals surface area contributed by atoms with Crippen LogP contribution in [0.25, 0.3) is 0 Å². The number of hydrogen-bond acceptors (Lipinski definition) is 3. The van der Waals surface area contributed by atoms with Crippen LogP contribution in [0.5, 0.6) is 0 Å². The molecular formula is C12H24O3S. The van der Waals surface area contributed by atoms with Crippen molar-refractivity contribution in [3.8, 4) is 0 Å². The highest BCUT2D eigenvalue weighted by molar-refractivity contribution is 7.87. The van der Waals surface area contributed by atoms with Gasteiger partial charge in [-0.2, -0.15) is 8.42 Å². The Hall–Kier alpha value is -0.0900. The van der Waals surface area contributed by atoms with Crippen LogP contribution in [0.4, 0.5) is 0 Å². The van der Waals surface area contributed by atoms with Gasteiger partial charge in [-0.05, 0) is 19.3 Å². The highest BCUT2D eigenvalue weighted by Gasteiger charge is 2.29. The largest absolute Gasteiger partial charge is 0.270 e. The van der Waals surface area contributed by atoms with Crippen molar-refractivity contribution in [1.82, 2.24) is 0 Å². The van der Waals surface area contributed by atoms with E-state index in [0.29, 0.717) is 6.61 Å². The molecule has 0 aliphatic carbocycles. The van der Waals surface area contributed by atoms with Crippen molar-refractivity contribution in [2.45, 2.75) is 70.0 Å². The lowest BCUT2D eigenvalue weighted by molar-refractivity contribution is 0.271. The normalized spacial score (nSPS) is 24.4. The van der Waals surface area contributed by atoms with E-state index in [1.807, 2.05) is 0 Å². The highest BCUT2D eigenvalue weighted by Crippen LogP contribution is 2.23. The second kappa shape index (κ2) is 7.28. The Morgan fingerprint density at radius 3 is 2.50 bits per heavy atom. The van der Waals surface area contributed by atoms with Crippen LogP contribution in [-0.2, 0) is 14.3 Å². The first-order valence-corrected chi connectivity index (χ1v) is 8.02. The average Bonchev–Trinajstić information content (AvgIpc) is 2.25. The maximum Gasteiger partial charge on any atom is 0.270 e. The summed E-state index contributed by atoms with van der Waals surface area (Å²) in [6.45, 7) is 2.58. The minimum atomic E-state index is -3.22. The molecule has 1 atom stereocenters. The van der Waals surface area contributed by atoms with Crippen LogP contribution in [0.1, 0.15) is 64.7 Å². The quantitative estimate of drug-likeness (QED) is 0.513. The van der Waals surface area contributed by atoms with Crippen molar-refractivity contribution >= 4 is 10.1 Å². The topological polar surface area (TPSA) is 43.4 Å². The van der Waals surface area contributed by atoms with Gasteiger partial charge in [0.2, 0.25) is 0 Å². The molecule has 1 unspecified atom stereocenters. The predicted octanol–water partition coefficient (Wildman–Crippen LogP) is 3.25. The van der Waals surface area contributed by atoms with E-state index in [1.54, 1.807) is 0 Å². The van der Waals surface area contributed by atoms with E-state index in [9.17, 15) is 8.42 Å². The van der Waals surface area contributed by atoms with Gasteiger partial charge in [0.05, 0.1) is 11.9 Å². The molecule has 0 N–H and O–H groups in total. The van der Waals surface area contributed by atoms with Gasteiger partial charge in [-0.3, -0.25) is 4.18 Å². The highest BCUT2D eigenvalue weighted by atomic mass is 32.2. The summed E-state index contributed by atoms with van der Waals surface area (Å²) in [6.07, 6.45) is 9.72. The fourth-order valence-corrected chi connectivity index (χ4v) is 3.62. The molecule has 96 valence electrons.